The lowest BCUT2D eigenvalue weighted by molar-refractivity contribution is -0.124. The van der Waals surface area contributed by atoms with E-state index in [0.29, 0.717) is 49.5 Å². The van der Waals surface area contributed by atoms with E-state index in [2.05, 4.69) is 10.6 Å². The van der Waals surface area contributed by atoms with Crippen LogP contribution in [0.25, 0.3) is 0 Å². The fourth-order valence-electron chi connectivity index (χ4n) is 2.34. The zero-order chi connectivity index (χ0) is 16.7. The third kappa shape index (κ3) is 4.94. The standard InChI is InChI=1S/C16H23N3O4/c1-22-11-6-7-12(19-16(21)14-4-3-9-23-14)13(10-11)18-15(20)5-2-8-17/h6-7,10,14H,2-5,8-9,17H2,1H3,(H,18,20)(H,19,21). The number of hydrogen-bond donors (Lipinski definition) is 3. The topological polar surface area (TPSA) is 103 Å². The summed E-state index contributed by atoms with van der Waals surface area (Å²) in [6.07, 6.45) is 2.09. The van der Waals surface area contributed by atoms with E-state index >= 15 is 0 Å². The second kappa shape index (κ2) is 8.50. The van der Waals surface area contributed by atoms with Gasteiger partial charge in [0.15, 0.2) is 0 Å². The minimum atomic E-state index is -0.433. The SMILES string of the molecule is COc1ccc(NC(=O)C2CCCO2)c(NC(=O)CCCN)c1. The third-order valence-electron chi connectivity index (χ3n) is 3.59. The van der Waals surface area contributed by atoms with Crippen molar-refractivity contribution in [1.29, 1.82) is 0 Å². The van der Waals surface area contributed by atoms with Gasteiger partial charge in [-0.05, 0) is 37.9 Å². The molecule has 23 heavy (non-hydrogen) atoms. The van der Waals surface area contributed by atoms with E-state index in [4.69, 9.17) is 15.2 Å². The molecule has 1 heterocycles. The molecule has 0 spiro atoms. The number of amides is 2. The molecular formula is C16H23N3O4. The van der Waals surface area contributed by atoms with Crippen LogP contribution in [-0.4, -0.2) is 38.2 Å². The van der Waals surface area contributed by atoms with Gasteiger partial charge >= 0.3 is 0 Å². The van der Waals surface area contributed by atoms with Crippen molar-refractivity contribution < 1.29 is 19.1 Å². The summed E-state index contributed by atoms with van der Waals surface area (Å²) in [6.45, 7) is 1.05. The van der Waals surface area contributed by atoms with Crippen molar-refractivity contribution in [1.82, 2.24) is 0 Å². The van der Waals surface area contributed by atoms with E-state index in [-0.39, 0.29) is 11.8 Å². The molecule has 1 unspecified atom stereocenters. The number of benzene rings is 1. The van der Waals surface area contributed by atoms with Crippen molar-refractivity contribution in [3.8, 4) is 5.75 Å². The first-order valence-electron chi connectivity index (χ1n) is 7.74. The maximum atomic E-state index is 12.2. The normalized spacial score (nSPS) is 16.9. The van der Waals surface area contributed by atoms with Crippen LogP contribution < -0.4 is 21.1 Å². The van der Waals surface area contributed by atoms with Crippen molar-refractivity contribution >= 4 is 23.2 Å². The average molecular weight is 321 g/mol. The quantitative estimate of drug-likeness (QED) is 0.706. The number of hydrogen-bond acceptors (Lipinski definition) is 5. The van der Waals surface area contributed by atoms with Crippen LogP contribution >= 0.6 is 0 Å². The van der Waals surface area contributed by atoms with E-state index in [0.717, 1.165) is 6.42 Å². The van der Waals surface area contributed by atoms with E-state index in [1.807, 2.05) is 0 Å². The first-order chi connectivity index (χ1) is 11.1. The Morgan fingerprint density at radius 3 is 2.83 bits per heavy atom. The molecule has 126 valence electrons. The maximum Gasteiger partial charge on any atom is 0.253 e. The number of anilines is 2. The smallest absolute Gasteiger partial charge is 0.253 e. The van der Waals surface area contributed by atoms with Crippen LogP contribution in [0.5, 0.6) is 5.75 Å². The number of nitrogens with one attached hydrogen (secondary N) is 2. The van der Waals surface area contributed by atoms with Crippen molar-refractivity contribution in [2.75, 3.05) is 30.9 Å². The fraction of sp³-hybridized carbons (Fsp3) is 0.500. The van der Waals surface area contributed by atoms with Gasteiger partial charge < -0.3 is 25.8 Å². The highest BCUT2D eigenvalue weighted by Crippen LogP contribution is 2.28. The molecule has 7 heteroatoms. The molecule has 2 rings (SSSR count). The van der Waals surface area contributed by atoms with Crippen LogP contribution in [-0.2, 0) is 14.3 Å². The third-order valence-corrected chi connectivity index (χ3v) is 3.59. The molecule has 0 saturated carbocycles. The Kier molecular flexibility index (Phi) is 6.37. The highest BCUT2D eigenvalue weighted by atomic mass is 16.5. The molecular weight excluding hydrogens is 298 g/mol. The number of ether oxygens (including phenoxy) is 2. The fourth-order valence-corrected chi connectivity index (χ4v) is 2.34. The summed E-state index contributed by atoms with van der Waals surface area (Å²) in [5, 5.41) is 5.59. The molecule has 0 aromatic heterocycles. The molecule has 1 aromatic rings. The van der Waals surface area contributed by atoms with E-state index < -0.39 is 6.10 Å². The first-order valence-corrected chi connectivity index (χ1v) is 7.74. The number of carbonyl (C=O) groups is 2. The van der Waals surface area contributed by atoms with Gasteiger partial charge in [-0.15, -0.1) is 0 Å². The molecule has 0 aliphatic carbocycles. The van der Waals surface area contributed by atoms with Crippen LogP contribution in [0.2, 0.25) is 0 Å². The number of nitrogens with two attached hydrogens (primary N) is 1. The monoisotopic (exact) mass is 321 g/mol. The number of carbonyl (C=O) groups excluding carboxylic acids is 2. The zero-order valence-electron chi connectivity index (χ0n) is 13.3. The van der Waals surface area contributed by atoms with Crippen LogP contribution in [0.1, 0.15) is 25.7 Å². The van der Waals surface area contributed by atoms with Crippen molar-refractivity contribution in [2.24, 2.45) is 5.73 Å². The highest BCUT2D eigenvalue weighted by molar-refractivity contribution is 6.01. The molecule has 4 N–H and O–H groups in total. The van der Waals surface area contributed by atoms with Crippen molar-refractivity contribution in [3.63, 3.8) is 0 Å². The van der Waals surface area contributed by atoms with Crippen molar-refractivity contribution in [3.05, 3.63) is 18.2 Å². The minimum Gasteiger partial charge on any atom is -0.497 e. The second-order valence-corrected chi connectivity index (χ2v) is 5.34. The Labute approximate surface area is 135 Å². The molecule has 7 nitrogen and oxygen atoms in total. The Morgan fingerprint density at radius 1 is 1.35 bits per heavy atom. The van der Waals surface area contributed by atoms with Gasteiger partial charge in [0.05, 0.1) is 18.5 Å². The van der Waals surface area contributed by atoms with Crippen LogP contribution in [0.3, 0.4) is 0 Å². The minimum absolute atomic E-state index is 0.156. The Balaban J connectivity index is 2.10. The lowest BCUT2D eigenvalue weighted by Gasteiger charge is -2.15. The lowest BCUT2D eigenvalue weighted by Crippen LogP contribution is -2.27. The van der Waals surface area contributed by atoms with E-state index in [9.17, 15) is 9.59 Å². The molecule has 0 bridgehead atoms. The van der Waals surface area contributed by atoms with Crippen LogP contribution in [0, 0.1) is 0 Å². The molecule has 1 aromatic carbocycles. The van der Waals surface area contributed by atoms with Gasteiger partial charge in [-0.1, -0.05) is 0 Å². The molecule has 2 amide bonds. The molecule has 1 aliphatic heterocycles. The summed E-state index contributed by atoms with van der Waals surface area (Å²) >= 11 is 0. The predicted octanol–water partition coefficient (Wildman–Crippen LogP) is 1.49. The predicted molar refractivity (Wildman–Crippen MR) is 87.5 cm³/mol. The largest absolute Gasteiger partial charge is 0.497 e. The van der Waals surface area contributed by atoms with Gasteiger partial charge in [0, 0.05) is 19.1 Å². The maximum absolute atomic E-state index is 12.2. The molecule has 1 fully saturated rings. The average Bonchev–Trinajstić information content (AvgIpc) is 3.09. The first kappa shape index (κ1) is 17.2. The van der Waals surface area contributed by atoms with Gasteiger partial charge in [-0.2, -0.15) is 0 Å². The molecule has 1 aliphatic rings. The van der Waals surface area contributed by atoms with Gasteiger partial charge in [-0.25, -0.2) is 0 Å². The van der Waals surface area contributed by atoms with Crippen LogP contribution in [0.15, 0.2) is 18.2 Å². The van der Waals surface area contributed by atoms with E-state index in [1.54, 1.807) is 25.3 Å². The highest BCUT2D eigenvalue weighted by Gasteiger charge is 2.24. The van der Waals surface area contributed by atoms with Gasteiger partial charge in [0.2, 0.25) is 5.91 Å². The van der Waals surface area contributed by atoms with Gasteiger partial charge in [-0.3, -0.25) is 9.59 Å². The summed E-state index contributed by atoms with van der Waals surface area (Å²) < 4.78 is 10.5. The molecule has 1 atom stereocenters. The van der Waals surface area contributed by atoms with Gasteiger partial charge in [0.25, 0.3) is 5.91 Å². The van der Waals surface area contributed by atoms with E-state index in [1.165, 1.54) is 0 Å². The van der Waals surface area contributed by atoms with Crippen molar-refractivity contribution in [2.45, 2.75) is 31.8 Å². The summed E-state index contributed by atoms with van der Waals surface area (Å²) in [4.78, 5) is 24.1. The molecule has 1 saturated heterocycles. The second-order valence-electron chi connectivity index (χ2n) is 5.34. The number of methoxy groups -OCH3 is 1. The zero-order valence-corrected chi connectivity index (χ0v) is 13.3. The summed E-state index contributed by atoms with van der Waals surface area (Å²) in [7, 11) is 1.54. The van der Waals surface area contributed by atoms with Gasteiger partial charge in [0.1, 0.15) is 11.9 Å². The summed E-state index contributed by atoms with van der Waals surface area (Å²) in [5.74, 6) is 0.232. The summed E-state index contributed by atoms with van der Waals surface area (Å²) in [6, 6.07) is 5.09. The Bertz CT molecular complexity index is 556. The Morgan fingerprint density at radius 2 is 2.17 bits per heavy atom. The molecule has 0 radical (unpaired) electrons. The summed E-state index contributed by atoms with van der Waals surface area (Å²) in [5.41, 5.74) is 6.43. The van der Waals surface area contributed by atoms with Crippen LogP contribution in [0.4, 0.5) is 11.4 Å². The lowest BCUT2D eigenvalue weighted by atomic mass is 10.2. The number of rotatable bonds is 7. The Hall–Kier alpha value is -2.12.